The van der Waals surface area contributed by atoms with Crippen LogP contribution in [0.25, 0.3) is 0 Å². The molecule has 1 nitrogen and oxygen atoms in total. The summed E-state index contributed by atoms with van der Waals surface area (Å²) < 4.78 is 12.9. The summed E-state index contributed by atoms with van der Waals surface area (Å²) in [7, 11) is 0. The molecule has 0 bridgehead atoms. The second-order valence-electron chi connectivity index (χ2n) is 4.81. The van der Waals surface area contributed by atoms with Gasteiger partial charge < -0.3 is 5.32 Å². The first-order chi connectivity index (χ1) is 7.75. The van der Waals surface area contributed by atoms with Gasteiger partial charge in [0.25, 0.3) is 0 Å². The second kappa shape index (κ2) is 5.44. The smallest absolute Gasteiger partial charge is 0.123 e. The third kappa shape index (κ3) is 3.60. The van der Waals surface area contributed by atoms with Crippen LogP contribution < -0.4 is 5.32 Å². The van der Waals surface area contributed by atoms with E-state index in [-0.39, 0.29) is 5.82 Å². The van der Waals surface area contributed by atoms with Gasteiger partial charge in [-0.3, -0.25) is 0 Å². The zero-order chi connectivity index (χ0) is 11.4. The molecule has 88 valence electrons. The normalized spacial score (nSPS) is 17.4. The van der Waals surface area contributed by atoms with Crippen LogP contribution in [-0.2, 0) is 6.42 Å². The molecule has 1 N–H and O–H groups in total. The summed E-state index contributed by atoms with van der Waals surface area (Å²) in [6.07, 6.45) is 4.82. The molecule has 1 fully saturated rings. The lowest BCUT2D eigenvalue weighted by Crippen LogP contribution is -2.28. The van der Waals surface area contributed by atoms with E-state index in [0.717, 1.165) is 30.9 Å². The molecule has 2 rings (SSSR count). The van der Waals surface area contributed by atoms with Crippen LogP contribution in [-0.4, -0.2) is 12.6 Å². The van der Waals surface area contributed by atoms with E-state index in [2.05, 4.69) is 12.2 Å². The molecule has 0 radical (unpaired) electrons. The Bertz CT molecular complexity index is 333. The van der Waals surface area contributed by atoms with E-state index in [1.807, 2.05) is 6.07 Å². The van der Waals surface area contributed by atoms with Gasteiger partial charge >= 0.3 is 0 Å². The largest absolute Gasteiger partial charge is 0.314 e. The maximum Gasteiger partial charge on any atom is 0.123 e. The van der Waals surface area contributed by atoms with Crippen LogP contribution in [0, 0.1) is 11.7 Å². The summed E-state index contributed by atoms with van der Waals surface area (Å²) >= 11 is 0. The predicted molar refractivity (Wildman–Crippen MR) is 64.9 cm³/mol. The number of nitrogens with one attached hydrogen (secondary N) is 1. The van der Waals surface area contributed by atoms with E-state index in [1.54, 1.807) is 12.1 Å². The second-order valence-corrected chi connectivity index (χ2v) is 4.81. The Morgan fingerprint density at radius 1 is 1.44 bits per heavy atom. The minimum absolute atomic E-state index is 0.128. The number of rotatable bonds is 6. The van der Waals surface area contributed by atoms with Crippen LogP contribution in [0.5, 0.6) is 0 Å². The number of benzene rings is 1. The maximum absolute atomic E-state index is 12.9. The lowest BCUT2D eigenvalue weighted by Gasteiger charge is -2.12. The van der Waals surface area contributed by atoms with Gasteiger partial charge in [0, 0.05) is 6.04 Å². The highest BCUT2D eigenvalue weighted by atomic mass is 19.1. The van der Waals surface area contributed by atoms with Crippen molar-refractivity contribution in [2.24, 2.45) is 5.92 Å². The quantitative estimate of drug-likeness (QED) is 0.728. The predicted octanol–water partition coefficient (Wildman–Crippen LogP) is 3.15. The fourth-order valence-electron chi connectivity index (χ4n) is 2.08. The summed E-state index contributed by atoms with van der Waals surface area (Å²) in [5.41, 5.74) is 1.10. The van der Waals surface area contributed by atoms with Crippen LogP contribution in [0.4, 0.5) is 4.39 Å². The first-order valence-electron chi connectivity index (χ1n) is 6.23. The third-order valence-electron chi connectivity index (χ3n) is 3.33. The maximum atomic E-state index is 12.9. The monoisotopic (exact) mass is 221 g/mol. The molecule has 0 spiro atoms. The van der Waals surface area contributed by atoms with Gasteiger partial charge in [0.1, 0.15) is 5.82 Å². The van der Waals surface area contributed by atoms with E-state index in [4.69, 9.17) is 0 Å². The van der Waals surface area contributed by atoms with Crippen LogP contribution in [0.3, 0.4) is 0 Å². The number of hydrogen-bond acceptors (Lipinski definition) is 1. The Balaban J connectivity index is 1.63. The standard InChI is InChI=1S/C14H20FN/c1-11(13-7-8-13)16-9-3-5-12-4-2-6-14(15)10-12/h2,4,6,10-11,13,16H,3,5,7-9H2,1H3. The summed E-state index contributed by atoms with van der Waals surface area (Å²) in [4.78, 5) is 0. The molecule has 1 aliphatic carbocycles. The minimum Gasteiger partial charge on any atom is -0.314 e. The van der Waals surface area contributed by atoms with E-state index < -0.39 is 0 Å². The van der Waals surface area contributed by atoms with Gasteiger partial charge in [-0.05, 0) is 62.8 Å². The van der Waals surface area contributed by atoms with Crippen molar-refractivity contribution in [2.75, 3.05) is 6.54 Å². The Morgan fingerprint density at radius 3 is 2.94 bits per heavy atom. The van der Waals surface area contributed by atoms with Crippen LogP contribution in [0.2, 0.25) is 0 Å². The number of halogens is 1. The van der Waals surface area contributed by atoms with Crippen molar-refractivity contribution in [3.63, 3.8) is 0 Å². The van der Waals surface area contributed by atoms with E-state index >= 15 is 0 Å². The van der Waals surface area contributed by atoms with Gasteiger partial charge in [-0.1, -0.05) is 12.1 Å². The molecular weight excluding hydrogens is 201 g/mol. The molecular formula is C14H20FN. The number of aryl methyl sites for hydroxylation is 1. The Kier molecular flexibility index (Phi) is 3.94. The Labute approximate surface area is 97.1 Å². The average Bonchev–Trinajstić information content (AvgIpc) is 3.08. The molecule has 0 saturated heterocycles. The molecule has 1 aromatic carbocycles. The molecule has 0 heterocycles. The Morgan fingerprint density at radius 2 is 2.25 bits per heavy atom. The topological polar surface area (TPSA) is 12.0 Å². The summed E-state index contributed by atoms with van der Waals surface area (Å²) in [6, 6.07) is 7.56. The first kappa shape index (κ1) is 11.6. The molecule has 0 aliphatic heterocycles. The molecule has 0 amide bonds. The van der Waals surface area contributed by atoms with Crippen molar-refractivity contribution in [1.29, 1.82) is 0 Å². The molecule has 16 heavy (non-hydrogen) atoms. The van der Waals surface area contributed by atoms with Gasteiger partial charge in [-0.25, -0.2) is 4.39 Å². The highest BCUT2D eigenvalue weighted by Gasteiger charge is 2.26. The van der Waals surface area contributed by atoms with Crippen LogP contribution >= 0.6 is 0 Å². The van der Waals surface area contributed by atoms with Crippen molar-refractivity contribution in [1.82, 2.24) is 5.32 Å². The van der Waals surface area contributed by atoms with Gasteiger partial charge in [-0.15, -0.1) is 0 Å². The van der Waals surface area contributed by atoms with E-state index in [1.165, 1.54) is 18.9 Å². The van der Waals surface area contributed by atoms with Crippen LogP contribution in [0.1, 0.15) is 31.7 Å². The lowest BCUT2D eigenvalue weighted by molar-refractivity contribution is 0.490. The van der Waals surface area contributed by atoms with Crippen molar-refractivity contribution in [3.8, 4) is 0 Å². The molecule has 1 atom stereocenters. The van der Waals surface area contributed by atoms with Gasteiger partial charge in [0.2, 0.25) is 0 Å². The SMILES string of the molecule is CC(NCCCc1cccc(F)c1)C1CC1. The molecule has 0 aromatic heterocycles. The minimum atomic E-state index is -0.128. The third-order valence-corrected chi connectivity index (χ3v) is 3.33. The highest BCUT2D eigenvalue weighted by Crippen LogP contribution is 2.32. The lowest BCUT2D eigenvalue weighted by atomic mass is 10.1. The zero-order valence-electron chi connectivity index (χ0n) is 9.88. The first-order valence-corrected chi connectivity index (χ1v) is 6.23. The molecule has 1 aliphatic rings. The summed E-state index contributed by atoms with van der Waals surface area (Å²) in [6.45, 7) is 3.30. The van der Waals surface area contributed by atoms with Crippen molar-refractivity contribution in [2.45, 2.75) is 38.6 Å². The Hall–Kier alpha value is -0.890. The fraction of sp³-hybridized carbons (Fsp3) is 0.571. The van der Waals surface area contributed by atoms with E-state index in [9.17, 15) is 4.39 Å². The molecule has 1 saturated carbocycles. The van der Waals surface area contributed by atoms with Gasteiger partial charge in [0.15, 0.2) is 0 Å². The summed E-state index contributed by atoms with van der Waals surface area (Å²) in [5, 5.41) is 3.54. The van der Waals surface area contributed by atoms with Crippen molar-refractivity contribution in [3.05, 3.63) is 35.6 Å². The molecule has 1 unspecified atom stereocenters. The van der Waals surface area contributed by atoms with Gasteiger partial charge in [0.05, 0.1) is 0 Å². The van der Waals surface area contributed by atoms with E-state index in [0.29, 0.717) is 6.04 Å². The van der Waals surface area contributed by atoms with Crippen LogP contribution in [0.15, 0.2) is 24.3 Å². The summed E-state index contributed by atoms with van der Waals surface area (Å²) in [5.74, 6) is 0.783. The van der Waals surface area contributed by atoms with Gasteiger partial charge in [-0.2, -0.15) is 0 Å². The molecule has 1 aromatic rings. The van der Waals surface area contributed by atoms with Crippen molar-refractivity contribution < 1.29 is 4.39 Å². The average molecular weight is 221 g/mol. The zero-order valence-corrected chi connectivity index (χ0v) is 9.88. The van der Waals surface area contributed by atoms with Crippen molar-refractivity contribution >= 4 is 0 Å². The number of hydrogen-bond donors (Lipinski definition) is 1. The highest BCUT2D eigenvalue weighted by molar-refractivity contribution is 5.16. The fourth-order valence-corrected chi connectivity index (χ4v) is 2.08. The molecule has 2 heteroatoms.